The molecule has 3 rings (SSSR count). The second kappa shape index (κ2) is 7.77. The normalized spacial score (nSPS) is 10.3. The Hall–Kier alpha value is -2.92. The lowest BCUT2D eigenvalue weighted by Crippen LogP contribution is -2.14. The van der Waals surface area contributed by atoms with Gasteiger partial charge in [-0.1, -0.05) is 11.6 Å². The molecule has 1 aromatic carbocycles. The fraction of sp³-hybridized carbons (Fsp3) is 0.105. The van der Waals surface area contributed by atoms with Crippen molar-refractivity contribution in [3.8, 4) is 0 Å². The molecule has 0 saturated carbocycles. The number of hydrogen-bond donors (Lipinski definition) is 2. The van der Waals surface area contributed by atoms with Gasteiger partial charge in [-0.15, -0.1) is 0 Å². The predicted molar refractivity (Wildman–Crippen MR) is 99.9 cm³/mol. The molecule has 5 nitrogen and oxygen atoms in total. The van der Waals surface area contributed by atoms with Crippen molar-refractivity contribution in [3.05, 3.63) is 82.9 Å². The van der Waals surface area contributed by atoms with Crippen LogP contribution in [0.25, 0.3) is 0 Å². The summed E-state index contributed by atoms with van der Waals surface area (Å²) in [5.41, 5.74) is 3.88. The minimum Gasteiger partial charge on any atom is -0.381 e. The molecule has 126 valence electrons. The molecule has 2 N–H and O–H groups in total. The van der Waals surface area contributed by atoms with Crippen LogP contribution in [0.1, 0.15) is 21.6 Å². The van der Waals surface area contributed by atoms with Gasteiger partial charge in [0.15, 0.2) is 0 Å². The van der Waals surface area contributed by atoms with E-state index in [0.717, 1.165) is 16.8 Å². The first-order chi connectivity index (χ1) is 12.1. The highest BCUT2D eigenvalue weighted by Gasteiger charge is 2.10. The third-order valence-electron chi connectivity index (χ3n) is 3.68. The molecule has 0 aliphatic rings. The minimum atomic E-state index is -0.266. The van der Waals surface area contributed by atoms with Crippen LogP contribution in [0, 0.1) is 6.92 Å². The average molecular weight is 353 g/mol. The van der Waals surface area contributed by atoms with E-state index < -0.39 is 0 Å². The van der Waals surface area contributed by atoms with Gasteiger partial charge in [0.1, 0.15) is 5.69 Å². The number of nitrogens with one attached hydrogen (secondary N) is 2. The second-order valence-electron chi connectivity index (χ2n) is 5.55. The summed E-state index contributed by atoms with van der Waals surface area (Å²) < 4.78 is 0. The number of nitrogens with zero attached hydrogens (tertiary/aromatic N) is 2. The lowest BCUT2D eigenvalue weighted by molar-refractivity contribution is 0.102. The van der Waals surface area contributed by atoms with Crippen molar-refractivity contribution < 1.29 is 4.79 Å². The van der Waals surface area contributed by atoms with E-state index in [0.29, 0.717) is 22.9 Å². The largest absolute Gasteiger partial charge is 0.381 e. The van der Waals surface area contributed by atoms with Crippen molar-refractivity contribution in [1.82, 2.24) is 9.97 Å². The van der Waals surface area contributed by atoms with Gasteiger partial charge in [0, 0.05) is 41.5 Å². The highest BCUT2D eigenvalue weighted by atomic mass is 35.5. The maximum Gasteiger partial charge on any atom is 0.274 e. The van der Waals surface area contributed by atoms with Crippen LogP contribution >= 0.6 is 11.6 Å². The summed E-state index contributed by atoms with van der Waals surface area (Å²) in [6.45, 7) is 2.53. The summed E-state index contributed by atoms with van der Waals surface area (Å²) in [7, 11) is 0. The maximum absolute atomic E-state index is 12.4. The third-order valence-corrected chi connectivity index (χ3v) is 3.91. The molecule has 0 atom stereocenters. The Labute approximate surface area is 151 Å². The molecule has 0 bridgehead atoms. The van der Waals surface area contributed by atoms with E-state index in [1.807, 2.05) is 25.1 Å². The smallest absolute Gasteiger partial charge is 0.274 e. The summed E-state index contributed by atoms with van der Waals surface area (Å²) in [6.07, 6.45) is 5.10. The molecule has 2 aromatic heterocycles. The van der Waals surface area contributed by atoms with Crippen molar-refractivity contribution in [2.75, 3.05) is 10.6 Å². The molecule has 0 aliphatic carbocycles. The van der Waals surface area contributed by atoms with E-state index in [9.17, 15) is 4.79 Å². The highest BCUT2D eigenvalue weighted by molar-refractivity contribution is 6.30. The fourth-order valence-corrected chi connectivity index (χ4v) is 2.55. The van der Waals surface area contributed by atoms with Crippen molar-refractivity contribution in [1.29, 1.82) is 0 Å². The molecule has 25 heavy (non-hydrogen) atoms. The van der Waals surface area contributed by atoms with Gasteiger partial charge in [0.05, 0.1) is 0 Å². The van der Waals surface area contributed by atoms with E-state index in [1.54, 1.807) is 42.9 Å². The molecular formula is C19H17ClN4O. The lowest BCUT2D eigenvalue weighted by atomic mass is 10.2. The zero-order valence-electron chi connectivity index (χ0n) is 13.7. The number of carbonyl (C=O) groups is 1. The Balaban J connectivity index is 1.69. The van der Waals surface area contributed by atoms with Crippen LogP contribution in [0.3, 0.4) is 0 Å². The topological polar surface area (TPSA) is 66.9 Å². The van der Waals surface area contributed by atoms with Crippen LogP contribution in [0.15, 0.2) is 61.1 Å². The summed E-state index contributed by atoms with van der Waals surface area (Å²) in [6, 6.07) is 12.7. The molecule has 0 spiro atoms. The van der Waals surface area contributed by atoms with E-state index >= 15 is 0 Å². The number of anilines is 2. The number of hydrogen-bond acceptors (Lipinski definition) is 4. The van der Waals surface area contributed by atoms with Crippen molar-refractivity contribution in [3.63, 3.8) is 0 Å². The quantitative estimate of drug-likeness (QED) is 0.718. The molecule has 2 heterocycles. The Bertz CT molecular complexity index is 884. The van der Waals surface area contributed by atoms with Crippen LogP contribution in [-0.2, 0) is 6.54 Å². The first-order valence-corrected chi connectivity index (χ1v) is 8.16. The number of aryl methyl sites for hydroxylation is 1. The number of pyridine rings is 2. The van der Waals surface area contributed by atoms with Gasteiger partial charge in [-0.25, -0.2) is 0 Å². The molecule has 6 heteroatoms. The summed E-state index contributed by atoms with van der Waals surface area (Å²) in [5, 5.41) is 6.77. The van der Waals surface area contributed by atoms with E-state index in [-0.39, 0.29) is 5.91 Å². The summed E-state index contributed by atoms with van der Waals surface area (Å²) in [4.78, 5) is 20.6. The van der Waals surface area contributed by atoms with Crippen LogP contribution in [0.2, 0.25) is 5.02 Å². The number of aromatic nitrogens is 2. The van der Waals surface area contributed by atoms with Gasteiger partial charge < -0.3 is 10.6 Å². The van der Waals surface area contributed by atoms with Crippen molar-refractivity contribution >= 4 is 28.9 Å². The van der Waals surface area contributed by atoms with Crippen LogP contribution in [0.5, 0.6) is 0 Å². The van der Waals surface area contributed by atoms with Gasteiger partial charge in [0.2, 0.25) is 0 Å². The van der Waals surface area contributed by atoms with Gasteiger partial charge in [-0.3, -0.25) is 14.8 Å². The van der Waals surface area contributed by atoms with Gasteiger partial charge in [-0.2, -0.15) is 0 Å². The number of amides is 1. The predicted octanol–water partition coefficient (Wildman–Crippen LogP) is 4.30. The monoisotopic (exact) mass is 352 g/mol. The van der Waals surface area contributed by atoms with E-state index in [4.69, 9.17) is 11.6 Å². The van der Waals surface area contributed by atoms with Crippen LogP contribution in [0.4, 0.5) is 11.4 Å². The zero-order chi connectivity index (χ0) is 17.6. The molecule has 1 amide bonds. The standard InChI is InChI=1S/C19H17ClN4O/c1-13-10-15(20)2-3-17(13)24-19(25)18-11-16(6-9-22-18)23-12-14-4-7-21-8-5-14/h2-11H,12H2,1H3,(H,22,23)(H,24,25). The minimum absolute atomic E-state index is 0.266. The number of carbonyl (C=O) groups excluding carboxylic acids is 1. The fourth-order valence-electron chi connectivity index (χ4n) is 2.32. The third kappa shape index (κ3) is 4.55. The Morgan fingerprint density at radius 2 is 1.88 bits per heavy atom. The molecule has 0 fully saturated rings. The number of rotatable bonds is 5. The van der Waals surface area contributed by atoms with Gasteiger partial charge in [0.25, 0.3) is 5.91 Å². The molecule has 3 aromatic rings. The molecular weight excluding hydrogens is 336 g/mol. The van der Waals surface area contributed by atoms with Crippen LogP contribution in [-0.4, -0.2) is 15.9 Å². The molecule has 0 aliphatic heterocycles. The van der Waals surface area contributed by atoms with Crippen molar-refractivity contribution in [2.24, 2.45) is 0 Å². The lowest BCUT2D eigenvalue weighted by Gasteiger charge is -2.10. The second-order valence-corrected chi connectivity index (χ2v) is 5.99. The Morgan fingerprint density at radius 1 is 1.08 bits per heavy atom. The zero-order valence-corrected chi connectivity index (χ0v) is 14.4. The van der Waals surface area contributed by atoms with Gasteiger partial charge in [-0.05, 0) is 60.5 Å². The maximum atomic E-state index is 12.4. The summed E-state index contributed by atoms with van der Waals surface area (Å²) in [5.74, 6) is -0.266. The van der Waals surface area contributed by atoms with Crippen LogP contribution < -0.4 is 10.6 Å². The Morgan fingerprint density at radius 3 is 2.64 bits per heavy atom. The molecule has 0 saturated heterocycles. The van der Waals surface area contributed by atoms with Gasteiger partial charge >= 0.3 is 0 Å². The SMILES string of the molecule is Cc1cc(Cl)ccc1NC(=O)c1cc(NCc2ccncc2)ccn1. The Kier molecular flexibility index (Phi) is 5.26. The molecule has 0 radical (unpaired) electrons. The van der Waals surface area contributed by atoms with E-state index in [2.05, 4.69) is 20.6 Å². The van der Waals surface area contributed by atoms with E-state index in [1.165, 1.54) is 0 Å². The number of halogens is 1. The molecule has 0 unspecified atom stereocenters. The summed E-state index contributed by atoms with van der Waals surface area (Å²) >= 11 is 5.94. The first kappa shape index (κ1) is 16.9. The first-order valence-electron chi connectivity index (χ1n) is 7.78. The highest BCUT2D eigenvalue weighted by Crippen LogP contribution is 2.20. The average Bonchev–Trinajstić information content (AvgIpc) is 2.63. The van der Waals surface area contributed by atoms with Crippen molar-refractivity contribution in [2.45, 2.75) is 13.5 Å². The number of benzene rings is 1.